The van der Waals surface area contributed by atoms with Crippen molar-refractivity contribution in [3.8, 4) is 0 Å². The molecule has 0 aliphatic carbocycles. The van der Waals surface area contributed by atoms with Crippen LogP contribution >= 0.6 is 23.2 Å². The van der Waals surface area contributed by atoms with Gasteiger partial charge in [-0.25, -0.2) is 0 Å². The number of nitrogens with one attached hydrogen (secondary N) is 1. The highest BCUT2D eigenvalue weighted by molar-refractivity contribution is 6.35. The van der Waals surface area contributed by atoms with Gasteiger partial charge in [0.2, 0.25) is 0 Å². The van der Waals surface area contributed by atoms with Crippen molar-refractivity contribution < 1.29 is 4.79 Å². The van der Waals surface area contributed by atoms with Gasteiger partial charge in [0.15, 0.2) is 5.82 Å². The molecule has 0 unspecified atom stereocenters. The predicted octanol–water partition coefficient (Wildman–Crippen LogP) is 4.80. The van der Waals surface area contributed by atoms with Gasteiger partial charge in [-0.1, -0.05) is 47.0 Å². The average molecular weight is 360 g/mol. The number of nitrogens with zero attached hydrogens (tertiary/aromatic N) is 2. The van der Waals surface area contributed by atoms with Crippen LogP contribution in [-0.4, -0.2) is 15.7 Å². The Hall–Kier alpha value is -2.30. The number of aryl methyl sites for hydroxylation is 1. The first-order valence-corrected chi connectivity index (χ1v) is 8.12. The fraction of sp³-hybridized carbons (Fsp3) is 0.111. The maximum atomic E-state index is 12.2. The SMILES string of the molecule is Cc1cccc(C(=O)Nc2ccn(Cc3ccc(Cl)cc3Cl)n2)c1. The zero-order chi connectivity index (χ0) is 17.1. The Morgan fingerprint density at radius 1 is 1.17 bits per heavy atom. The van der Waals surface area contributed by atoms with Gasteiger partial charge >= 0.3 is 0 Å². The number of hydrogen-bond donors (Lipinski definition) is 1. The summed E-state index contributed by atoms with van der Waals surface area (Å²) in [6.07, 6.45) is 1.79. The molecule has 0 aliphatic rings. The Morgan fingerprint density at radius 2 is 2.00 bits per heavy atom. The highest BCUT2D eigenvalue weighted by atomic mass is 35.5. The third-order valence-corrected chi connectivity index (χ3v) is 4.10. The van der Waals surface area contributed by atoms with Crippen LogP contribution in [0.2, 0.25) is 10.0 Å². The third kappa shape index (κ3) is 3.96. The van der Waals surface area contributed by atoms with Crippen molar-refractivity contribution in [3.05, 3.63) is 81.5 Å². The molecule has 0 fully saturated rings. The summed E-state index contributed by atoms with van der Waals surface area (Å²) < 4.78 is 1.71. The molecule has 1 N–H and O–H groups in total. The van der Waals surface area contributed by atoms with E-state index in [0.717, 1.165) is 11.1 Å². The number of carbonyl (C=O) groups excluding carboxylic acids is 1. The first-order chi connectivity index (χ1) is 11.5. The largest absolute Gasteiger partial charge is 0.305 e. The van der Waals surface area contributed by atoms with Crippen LogP contribution in [0.15, 0.2) is 54.7 Å². The Morgan fingerprint density at radius 3 is 2.75 bits per heavy atom. The van der Waals surface area contributed by atoms with Gasteiger partial charge in [0.25, 0.3) is 5.91 Å². The van der Waals surface area contributed by atoms with Crippen LogP contribution in [-0.2, 0) is 6.54 Å². The average Bonchev–Trinajstić information content (AvgIpc) is 2.97. The maximum absolute atomic E-state index is 12.2. The number of benzene rings is 2. The summed E-state index contributed by atoms with van der Waals surface area (Å²) in [6, 6.07) is 14.5. The van der Waals surface area contributed by atoms with E-state index in [9.17, 15) is 4.79 Å². The minimum Gasteiger partial charge on any atom is -0.305 e. The van der Waals surface area contributed by atoms with Crippen LogP contribution < -0.4 is 5.32 Å². The summed E-state index contributed by atoms with van der Waals surface area (Å²) in [5.74, 6) is 0.306. The maximum Gasteiger partial charge on any atom is 0.256 e. The van der Waals surface area contributed by atoms with Crippen LogP contribution in [0.25, 0.3) is 0 Å². The molecule has 24 heavy (non-hydrogen) atoms. The summed E-state index contributed by atoms with van der Waals surface area (Å²) >= 11 is 12.1. The Labute approximate surface area is 150 Å². The fourth-order valence-electron chi connectivity index (χ4n) is 2.32. The van der Waals surface area contributed by atoms with Crippen LogP contribution in [0, 0.1) is 6.92 Å². The second-order valence-corrected chi connectivity index (χ2v) is 6.30. The zero-order valence-electron chi connectivity index (χ0n) is 13.0. The predicted molar refractivity (Wildman–Crippen MR) is 96.9 cm³/mol. The van der Waals surface area contributed by atoms with Gasteiger partial charge in [0.05, 0.1) is 6.54 Å². The molecule has 3 aromatic rings. The first kappa shape index (κ1) is 16.6. The van der Waals surface area contributed by atoms with Crippen LogP contribution in [0.1, 0.15) is 21.5 Å². The molecule has 1 amide bonds. The summed E-state index contributed by atoms with van der Waals surface area (Å²) in [5, 5.41) is 8.32. The number of halogens is 2. The molecule has 0 saturated carbocycles. The molecule has 4 nitrogen and oxygen atoms in total. The summed E-state index contributed by atoms with van der Waals surface area (Å²) in [4.78, 5) is 12.2. The Bertz CT molecular complexity index is 889. The van der Waals surface area contributed by atoms with Crippen molar-refractivity contribution >= 4 is 34.9 Å². The van der Waals surface area contributed by atoms with E-state index in [1.54, 1.807) is 35.1 Å². The van der Waals surface area contributed by atoms with Crippen molar-refractivity contribution in [3.63, 3.8) is 0 Å². The summed E-state index contributed by atoms with van der Waals surface area (Å²) in [6.45, 7) is 2.44. The highest BCUT2D eigenvalue weighted by Crippen LogP contribution is 2.22. The molecule has 6 heteroatoms. The molecular weight excluding hydrogens is 345 g/mol. The molecule has 0 radical (unpaired) electrons. The van der Waals surface area contributed by atoms with E-state index in [2.05, 4.69) is 10.4 Å². The zero-order valence-corrected chi connectivity index (χ0v) is 14.5. The standard InChI is InChI=1S/C18H15Cl2N3O/c1-12-3-2-4-13(9-12)18(24)21-17-7-8-23(22-17)11-14-5-6-15(19)10-16(14)20/h2-10H,11H2,1H3,(H,21,22,24). The van der Waals surface area contributed by atoms with E-state index < -0.39 is 0 Å². The molecule has 0 atom stereocenters. The van der Waals surface area contributed by atoms with E-state index >= 15 is 0 Å². The van der Waals surface area contributed by atoms with Crippen molar-refractivity contribution in [1.29, 1.82) is 0 Å². The molecule has 0 aliphatic heterocycles. The normalized spacial score (nSPS) is 10.6. The Balaban J connectivity index is 1.70. The van der Waals surface area contributed by atoms with E-state index in [1.165, 1.54) is 0 Å². The second kappa shape index (κ2) is 7.07. The minimum atomic E-state index is -0.187. The molecule has 1 aromatic heterocycles. The lowest BCUT2D eigenvalue weighted by Crippen LogP contribution is -2.13. The quantitative estimate of drug-likeness (QED) is 0.727. The smallest absolute Gasteiger partial charge is 0.256 e. The van der Waals surface area contributed by atoms with Gasteiger partial charge in [-0.05, 0) is 36.8 Å². The number of rotatable bonds is 4. The minimum absolute atomic E-state index is 0.187. The van der Waals surface area contributed by atoms with Crippen LogP contribution in [0.3, 0.4) is 0 Å². The lowest BCUT2D eigenvalue weighted by Gasteiger charge is -2.05. The van der Waals surface area contributed by atoms with Gasteiger partial charge in [-0.3, -0.25) is 9.48 Å². The van der Waals surface area contributed by atoms with Crippen molar-refractivity contribution in [2.24, 2.45) is 0 Å². The number of amides is 1. The lowest BCUT2D eigenvalue weighted by atomic mass is 10.1. The van der Waals surface area contributed by atoms with Gasteiger partial charge in [0, 0.05) is 27.9 Å². The van der Waals surface area contributed by atoms with E-state index in [-0.39, 0.29) is 5.91 Å². The topological polar surface area (TPSA) is 46.9 Å². The molecule has 0 bridgehead atoms. The van der Waals surface area contributed by atoms with E-state index in [4.69, 9.17) is 23.2 Å². The molecular formula is C18H15Cl2N3O. The van der Waals surface area contributed by atoms with Crippen molar-refractivity contribution in [2.75, 3.05) is 5.32 Å². The molecule has 0 spiro atoms. The molecule has 0 saturated heterocycles. The molecule has 3 rings (SSSR count). The van der Waals surface area contributed by atoms with E-state index in [1.807, 2.05) is 31.2 Å². The van der Waals surface area contributed by atoms with E-state index in [0.29, 0.717) is 28.0 Å². The monoisotopic (exact) mass is 359 g/mol. The van der Waals surface area contributed by atoms with Crippen LogP contribution in [0.4, 0.5) is 5.82 Å². The molecule has 1 heterocycles. The number of hydrogen-bond acceptors (Lipinski definition) is 2. The fourth-order valence-corrected chi connectivity index (χ4v) is 2.78. The van der Waals surface area contributed by atoms with Crippen molar-refractivity contribution in [2.45, 2.75) is 13.5 Å². The second-order valence-electron chi connectivity index (χ2n) is 5.46. The molecule has 2 aromatic carbocycles. The molecule has 122 valence electrons. The number of carbonyl (C=O) groups is 1. The van der Waals surface area contributed by atoms with Gasteiger partial charge < -0.3 is 5.32 Å². The van der Waals surface area contributed by atoms with Gasteiger partial charge in [0.1, 0.15) is 0 Å². The Kier molecular flexibility index (Phi) is 4.88. The first-order valence-electron chi connectivity index (χ1n) is 7.37. The third-order valence-electron chi connectivity index (χ3n) is 3.51. The summed E-state index contributed by atoms with van der Waals surface area (Å²) in [5.41, 5.74) is 2.54. The van der Waals surface area contributed by atoms with Crippen LogP contribution in [0.5, 0.6) is 0 Å². The van der Waals surface area contributed by atoms with Gasteiger partial charge in [-0.15, -0.1) is 0 Å². The lowest BCUT2D eigenvalue weighted by molar-refractivity contribution is 0.102. The van der Waals surface area contributed by atoms with Crippen molar-refractivity contribution in [1.82, 2.24) is 9.78 Å². The number of aromatic nitrogens is 2. The summed E-state index contributed by atoms with van der Waals surface area (Å²) in [7, 11) is 0. The highest BCUT2D eigenvalue weighted by Gasteiger charge is 2.09. The number of anilines is 1. The van der Waals surface area contributed by atoms with Gasteiger partial charge in [-0.2, -0.15) is 5.10 Å².